The second kappa shape index (κ2) is 6.01. The highest BCUT2D eigenvalue weighted by Crippen LogP contribution is 2.19. The molecule has 0 atom stereocenters. The molecule has 1 aliphatic heterocycles. The molecule has 0 saturated carbocycles. The van der Waals surface area contributed by atoms with Crippen molar-refractivity contribution in [3.63, 3.8) is 0 Å². The van der Waals surface area contributed by atoms with Gasteiger partial charge in [0.05, 0.1) is 0 Å². The van der Waals surface area contributed by atoms with E-state index in [2.05, 4.69) is 15.2 Å². The fourth-order valence-corrected chi connectivity index (χ4v) is 3.71. The zero-order valence-electron chi connectivity index (χ0n) is 10.4. The van der Waals surface area contributed by atoms with Gasteiger partial charge in [-0.25, -0.2) is 13.1 Å². The molecule has 6 nitrogen and oxygen atoms in total. The maximum atomic E-state index is 12.2. The van der Waals surface area contributed by atoms with E-state index in [1.165, 1.54) is 0 Å². The monoisotopic (exact) mass is 295 g/mol. The van der Waals surface area contributed by atoms with Gasteiger partial charge in [-0.3, -0.25) is 0 Å². The van der Waals surface area contributed by atoms with Gasteiger partial charge in [0, 0.05) is 6.04 Å². The van der Waals surface area contributed by atoms with Gasteiger partial charge < -0.3 is 9.84 Å². The average molecular weight is 296 g/mol. The molecule has 0 spiro atoms. The van der Waals surface area contributed by atoms with E-state index in [1.807, 2.05) is 0 Å². The highest BCUT2D eigenvalue weighted by molar-refractivity contribution is 7.89. The molecule has 2 rings (SSSR count). The number of nitrogens with zero attached hydrogens (tertiary/aromatic N) is 1. The van der Waals surface area contributed by atoms with Crippen molar-refractivity contribution in [2.45, 2.75) is 37.6 Å². The van der Waals surface area contributed by atoms with Gasteiger partial charge in [-0.1, -0.05) is 5.16 Å². The second-order valence-corrected chi connectivity index (χ2v) is 5.95. The first kappa shape index (κ1) is 15.4. The fraction of sp³-hybridized carbons (Fsp3) is 0.700. The van der Waals surface area contributed by atoms with Gasteiger partial charge in [-0.05, 0) is 39.8 Å². The Hall–Kier alpha value is -0.630. The molecular formula is C10H18ClN3O3S. The van der Waals surface area contributed by atoms with Crippen LogP contribution in [-0.4, -0.2) is 32.7 Å². The third kappa shape index (κ3) is 3.23. The number of nitrogens with one attached hydrogen (secondary N) is 2. The molecule has 1 aliphatic rings. The van der Waals surface area contributed by atoms with Crippen molar-refractivity contribution in [3.05, 3.63) is 11.5 Å². The van der Waals surface area contributed by atoms with Crippen LogP contribution in [-0.2, 0) is 10.0 Å². The van der Waals surface area contributed by atoms with Gasteiger partial charge in [0.25, 0.3) is 0 Å². The van der Waals surface area contributed by atoms with E-state index in [0.29, 0.717) is 11.5 Å². The second-order valence-electron chi connectivity index (χ2n) is 4.30. The lowest BCUT2D eigenvalue weighted by molar-refractivity contribution is 0.390. The summed E-state index contributed by atoms with van der Waals surface area (Å²) in [4.78, 5) is 0.177. The summed E-state index contributed by atoms with van der Waals surface area (Å²) in [6, 6.07) is -0.00468. The number of aryl methyl sites for hydroxylation is 2. The number of hydrogen-bond donors (Lipinski definition) is 2. The van der Waals surface area contributed by atoms with Crippen molar-refractivity contribution >= 4 is 22.4 Å². The Kier molecular flexibility index (Phi) is 5.15. The predicted octanol–water partition coefficient (Wildman–Crippen LogP) is 0.744. The van der Waals surface area contributed by atoms with Crippen LogP contribution < -0.4 is 10.0 Å². The van der Waals surface area contributed by atoms with Gasteiger partial charge in [-0.15, -0.1) is 12.4 Å². The lowest BCUT2D eigenvalue weighted by Crippen LogP contribution is -2.42. The summed E-state index contributed by atoms with van der Waals surface area (Å²) in [7, 11) is -3.51. The lowest BCUT2D eigenvalue weighted by Gasteiger charge is -2.23. The molecule has 8 heteroatoms. The van der Waals surface area contributed by atoms with Crippen molar-refractivity contribution in [2.24, 2.45) is 0 Å². The maximum absolute atomic E-state index is 12.2. The first-order valence-electron chi connectivity index (χ1n) is 5.66. The first-order valence-corrected chi connectivity index (χ1v) is 7.15. The molecule has 0 amide bonds. The van der Waals surface area contributed by atoms with Gasteiger partial charge in [0.15, 0.2) is 5.76 Å². The van der Waals surface area contributed by atoms with E-state index >= 15 is 0 Å². The first-order chi connectivity index (χ1) is 8.00. The van der Waals surface area contributed by atoms with Crippen LogP contribution in [0, 0.1) is 13.8 Å². The van der Waals surface area contributed by atoms with Crippen molar-refractivity contribution in [2.75, 3.05) is 13.1 Å². The van der Waals surface area contributed by atoms with Crippen molar-refractivity contribution < 1.29 is 12.9 Å². The topological polar surface area (TPSA) is 84.2 Å². The number of halogens is 1. The summed E-state index contributed by atoms with van der Waals surface area (Å²) < 4.78 is 31.9. The summed E-state index contributed by atoms with van der Waals surface area (Å²) in [6.07, 6.45) is 1.62. The Morgan fingerprint density at radius 2 is 1.94 bits per heavy atom. The average Bonchev–Trinajstić information content (AvgIpc) is 2.59. The standard InChI is InChI=1S/C10H17N3O3S.ClH/c1-7-10(8(2)16-12-7)17(14,15)13-9-3-5-11-6-4-9;/h9,11,13H,3-6H2,1-2H3;1H. The molecular weight excluding hydrogens is 278 g/mol. The van der Waals surface area contributed by atoms with Gasteiger partial charge >= 0.3 is 0 Å². The largest absolute Gasteiger partial charge is 0.360 e. The number of piperidine rings is 1. The molecule has 0 bridgehead atoms. The SMILES string of the molecule is Cc1noc(C)c1S(=O)(=O)NC1CCNCC1.Cl. The third-order valence-corrected chi connectivity index (χ3v) is 4.66. The summed E-state index contributed by atoms with van der Waals surface area (Å²) in [5.74, 6) is 0.337. The van der Waals surface area contributed by atoms with E-state index in [1.54, 1.807) is 13.8 Å². The molecule has 1 fully saturated rings. The molecule has 104 valence electrons. The molecule has 1 aromatic rings. The molecule has 0 aromatic carbocycles. The quantitative estimate of drug-likeness (QED) is 0.859. The van der Waals surface area contributed by atoms with Gasteiger partial charge in [0.2, 0.25) is 10.0 Å². The van der Waals surface area contributed by atoms with Crippen molar-refractivity contribution in [3.8, 4) is 0 Å². The van der Waals surface area contributed by atoms with Crippen molar-refractivity contribution in [1.82, 2.24) is 15.2 Å². The van der Waals surface area contributed by atoms with Gasteiger partial charge in [0.1, 0.15) is 10.6 Å². The molecule has 2 N–H and O–H groups in total. The summed E-state index contributed by atoms with van der Waals surface area (Å²) in [5.41, 5.74) is 0.406. The van der Waals surface area contributed by atoms with Crippen LogP contribution in [0.2, 0.25) is 0 Å². The third-order valence-electron chi connectivity index (χ3n) is 2.90. The summed E-state index contributed by atoms with van der Waals surface area (Å²) >= 11 is 0. The van der Waals surface area contributed by atoms with E-state index in [4.69, 9.17) is 4.52 Å². The molecule has 1 aromatic heterocycles. The minimum Gasteiger partial charge on any atom is -0.360 e. The fourth-order valence-electron chi connectivity index (χ4n) is 2.08. The van der Waals surface area contributed by atoms with Crippen LogP contribution in [0.3, 0.4) is 0 Å². The number of aromatic nitrogens is 1. The highest BCUT2D eigenvalue weighted by atomic mass is 35.5. The Balaban J connectivity index is 0.00000162. The van der Waals surface area contributed by atoms with Crippen LogP contribution in [0.5, 0.6) is 0 Å². The molecule has 2 heterocycles. The lowest BCUT2D eigenvalue weighted by atomic mass is 10.1. The van der Waals surface area contributed by atoms with Gasteiger partial charge in [-0.2, -0.15) is 0 Å². The van der Waals surface area contributed by atoms with Crippen LogP contribution >= 0.6 is 12.4 Å². The molecule has 1 saturated heterocycles. The number of hydrogen-bond acceptors (Lipinski definition) is 5. The van der Waals surface area contributed by atoms with Crippen LogP contribution in [0.4, 0.5) is 0 Å². The maximum Gasteiger partial charge on any atom is 0.246 e. The minimum absolute atomic E-state index is 0. The van der Waals surface area contributed by atoms with E-state index in [-0.39, 0.29) is 23.3 Å². The normalized spacial score (nSPS) is 17.4. The molecule has 0 aliphatic carbocycles. The van der Waals surface area contributed by atoms with E-state index in [9.17, 15) is 8.42 Å². The zero-order chi connectivity index (χ0) is 12.5. The molecule has 18 heavy (non-hydrogen) atoms. The van der Waals surface area contributed by atoms with Crippen LogP contribution in [0.15, 0.2) is 9.42 Å². The summed E-state index contributed by atoms with van der Waals surface area (Å²) in [5, 5.41) is 6.86. The van der Waals surface area contributed by atoms with Crippen LogP contribution in [0.1, 0.15) is 24.3 Å². The zero-order valence-corrected chi connectivity index (χ0v) is 12.0. The van der Waals surface area contributed by atoms with E-state index in [0.717, 1.165) is 25.9 Å². The molecule has 0 radical (unpaired) electrons. The highest BCUT2D eigenvalue weighted by Gasteiger charge is 2.27. The Bertz CT molecular complexity index is 475. The molecule has 0 unspecified atom stereocenters. The van der Waals surface area contributed by atoms with E-state index < -0.39 is 10.0 Å². The Labute approximate surface area is 113 Å². The number of sulfonamides is 1. The van der Waals surface area contributed by atoms with Crippen LogP contribution in [0.25, 0.3) is 0 Å². The minimum atomic E-state index is -3.51. The smallest absolute Gasteiger partial charge is 0.246 e. The van der Waals surface area contributed by atoms with Crippen molar-refractivity contribution in [1.29, 1.82) is 0 Å². The Morgan fingerprint density at radius 1 is 1.33 bits per heavy atom. The Morgan fingerprint density at radius 3 is 2.44 bits per heavy atom. The summed E-state index contributed by atoms with van der Waals surface area (Å²) in [6.45, 7) is 4.92. The number of rotatable bonds is 3. The predicted molar refractivity (Wildman–Crippen MR) is 69.4 cm³/mol.